The van der Waals surface area contributed by atoms with Crippen LogP contribution in [0.4, 0.5) is 0 Å². The highest BCUT2D eigenvalue weighted by atomic mass is 14.9. The maximum Gasteiger partial charge on any atom is 0.199 e. The first kappa shape index (κ1) is 16.2. The molecule has 114 valence electrons. The Kier molecular flexibility index (Phi) is 4.97. The van der Waals surface area contributed by atoms with Crippen molar-refractivity contribution in [3.63, 3.8) is 0 Å². The minimum Gasteiger partial charge on any atom is -0.235 e. The lowest BCUT2D eigenvalue weighted by molar-refractivity contribution is -0.462. The van der Waals surface area contributed by atoms with Gasteiger partial charge in [-0.15, -0.1) is 0 Å². The van der Waals surface area contributed by atoms with Crippen molar-refractivity contribution in [2.45, 2.75) is 20.8 Å². The summed E-state index contributed by atoms with van der Waals surface area (Å²) in [5, 5.41) is 0. The Hall–Kier alpha value is -2.15. The van der Waals surface area contributed by atoms with Gasteiger partial charge in [-0.3, -0.25) is 0 Å². The van der Waals surface area contributed by atoms with Crippen molar-refractivity contribution in [1.29, 1.82) is 0 Å². The number of hydrogen-bond donors (Lipinski definition) is 0. The summed E-state index contributed by atoms with van der Waals surface area (Å²) >= 11 is 0. The highest BCUT2D eigenvalue weighted by Crippen LogP contribution is 2.31. The summed E-state index contributed by atoms with van der Waals surface area (Å²) in [5.74, 6) is 0. The number of hydrogen-bond acceptors (Lipinski definition) is 0. The lowest BCUT2D eigenvalue weighted by Crippen LogP contribution is -2.13. The van der Waals surface area contributed by atoms with Crippen LogP contribution in [0, 0.1) is 5.41 Å². The van der Waals surface area contributed by atoms with Crippen LogP contribution in [0.5, 0.6) is 0 Å². The van der Waals surface area contributed by atoms with Gasteiger partial charge in [0.1, 0.15) is 14.1 Å². The summed E-state index contributed by atoms with van der Waals surface area (Å²) in [6.07, 6.45) is 13.2. The fourth-order valence-electron chi connectivity index (χ4n) is 2.46. The molecule has 0 spiro atoms. The van der Waals surface area contributed by atoms with Crippen molar-refractivity contribution in [1.82, 2.24) is 0 Å². The molecule has 0 aromatic heterocycles. The van der Waals surface area contributed by atoms with Crippen LogP contribution in [-0.4, -0.2) is 24.4 Å². The lowest BCUT2D eigenvalue weighted by Gasteiger charge is -2.23. The van der Waals surface area contributed by atoms with Crippen LogP contribution in [-0.2, 0) is 0 Å². The van der Waals surface area contributed by atoms with Crippen LogP contribution >= 0.6 is 0 Å². The Labute approximate surface area is 134 Å². The zero-order valence-corrected chi connectivity index (χ0v) is 14.3. The van der Waals surface area contributed by atoms with Gasteiger partial charge < -0.3 is 0 Å². The molecule has 1 aromatic rings. The molecule has 0 atom stereocenters. The summed E-state index contributed by atoms with van der Waals surface area (Å²) in [6, 6.07) is 10.5. The summed E-state index contributed by atoms with van der Waals surface area (Å²) in [4.78, 5) is 0. The van der Waals surface area contributed by atoms with E-state index in [9.17, 15) is 0 Å². The first-order valence-electron chi connectivity index (χ1n) is 7.76. The summed E-state index contributed by atoms with van der Waals surface area (Å²) < 4.78 is 2.13. The average molecular weight is 292 g/mol. The van der Waals surface area contributed by atoms with Gasteiger partial charge in [0, 0.05) is 12.2 Å². The predicted octanol–water partition coefficient (Wildman–Crippen LogP) is 4.88. The van der Waals surface area contributed by atoms with Gasteiger partial charge >= 0.3 is 0 Å². The van der Waals surface area contributed by atoms with Gasteiger partial charge in [0.15, 0.2) is 5.71 Å². The molecular weight excluding hydrogens is 266 g/mol. The van der Waals surface area contributed by atoms with Crippen molar-refractivity contribution in [2.75, 3.05) is 14.1 Å². The molecule has 2 rings (SSSR count). The van der Waals surface area contributed by atoms with Crippen molar-refractivity contribution >= 4 is 11.8 Å². The third-order valence-electron chi connectivity index (χ3n) is 3.74. The normalized spacial score (nSPS) is 14.8. The van der Waals surface area contributed by atoms with E-state index in [0.717, 1.165) is 0 Å². The standard InChI is InChI=1S/C21H26N/c1-21(2,3)20(16-11-17-9-7-6-8-10-17)18-12-14-19(15-13-18)22(4)5/h6-16H,1-5H3/q+1. The monoisotopic (exact) mass is 292 g/mol. The second-order valence-electron chi connectivity index (χ2n) is 6.85. The maximum atomic E-state index is 2.26. The Bertz CT molecular complexity index is 652. The topological polar surface area (TPSA) is 3.01 Å². The molecule has 0 fully saturated rings. The number of nitrogens with zero attached hydrogens (tertiary/aromatic N) is 1. The minimum absolute atomic E-state index is 0.102. The molecule has 0 unspecified atom stereocenters. The molecule has 0 saturated carbocycles. The van der Waals surface area contributed by atoms with Gasteiger partial charge in [0.2, 0.25) is 0 Å². The number of rotatable bonds is 2. The number of allylic oxidation sites excluding steroid dienone is 7. The molecule has 0 saturated heterocycles. The molecule has 1 heteroatoms. The molecule has 0 heterocycles. The van der Waals surface area contributed by atoms with Crippen LogP contribution in [0.1, 0.15) is 26.3 Å². The molecule has 1 aliphatic rings. The van der Waals surface area contributed by atoms with Gasteiger partial charge in [0.25, 0.3) is 0 Å². The highest BCUT2D eigenvalue weighted by Gasteiger charge is 2.18. The summed E-state index contributed by atoms with van der Waals surface area (Å²) in [7, 11) is 4.14. The fraction of sp³-hybridized carbons (Fsp3) is 0.286. The van der Waals surface area contributed by atoms with Gasteiger partial charge in [-0.05, 0) is 34.3 Å². The first-order valence-corrected chi connectivity index (χ1v) is 7.76. The summed E-state index contributed by atoms with van der Waals surface area (Å²) in [6.45, 7) is 6.78. The van der Waals surface area contributed by atoms with E-state index in [0.29, 0.717) is 0 Å². The van der Waals surface area contributed by atoms with E-state index in [1.165, 1.54) is 22.4 Å². The van der Waals surface area contributed by atoms with E-state index in [-0.39, 0.29) is 5.41 Å². The average Bonchev–Trinajstić information content (AvgIpc) is 2.47. The van der Waals surface area contributed by atoms with E-state index in [2.05, 4.69) is 100 Å². The van der Waals surface area contributed by atoms with Gasteiger partial charge in [0.05, 0.1) is 0 Å². The molecule has 1 aromatic carbocycles. The van der Waals surface area contributed by atoms with E-state index in [1.54, 1.807) is 0 Å². The second kappa shape index (κ2) is 6.74. The van der Waals surface area contributed by atoms with Gasteiger partial charge in [-0.1, -0.05) is 63.3 Å². The van der Waals surface area contributed by atoms with Crippen molar-refractivity contribution in [2.24, 2.45) is 5.41 Å². The van der Waals surface area contributed by atoms with Gasteiger partial charge in [-0.2, -0.15) is 0 Å². The number of benzene rings is 1. The summed E-state index contributed by atoms with van der Waals surface area (Å²) in [5.41, 5.74) is 5.19. The Morgan fingerprint density at radius 1 is 0.909 bits per heavy atom. The van der Waals surface area contributed by atoms with E-state index < -0.39 is 0 Å². The van der Waals surface area contributed by atoms with Crippen LogP contribution < -0.4 is 0 Å². The van der Waals surface area contributed by atoms with Gasteiger partial charge in [-0.25, -0.2) is 4.58 Å². The SMILES string of the molecule is C[N+](C)=C1C=CC(=C(C=Cc2ccccc2)C(C)(C)C)C=C1. The molecule has 0 aliphatic heterocycles. The molecular formula is C21H26N+. The highest BCUT2D eigenvalue weighted by molar-refractivity contribution is 6.02. The zero-order valence-electron chi connectivity index (χ0n) is 14.3. The minimum atomic E-state index is 0.102. The smallest absolute Gasteiger partial charge is 0.199 e. The van der Waals surface area contributed by atoms with Crippen LogP contribution in [0.15, 0.2) is 71.9 Å². The van der Waals surface area contributed by atoms with Crippen molar-refractivity contribution in [3.8, 4) is 0 Å². The van der Waals surface area contributed by atoms with E-state index in [1.807, 2.05) is 6.07 Å². The largest absolute Gasteiger partial charge is 0.235 e. The first-order chi connectivity index (χ1) is 10.4. The van der Waals surface area contributed by atoms with Crippen LogP contribution in [0.3, 0.4) is 0 Å². The lowest BCUT2D eigenvalue weighted by atomic mass is 9.81. The Morgan fingerprint density at radius 3 is 2.00 bits per heavy atom. The Balaban J connectivity index is 2.39. The third-order valence-corrected chi connectivity index (χ3v) is 3.74. The molecule has 22 heavy (non-hydrogen) atoms. The molecule has 0 amide bonds. The zero-order chi connectivity index (χ0) is 16.2. The van der Waals surface area contributed by atoms with Crippen molar-refractivity contribution < 1.29 is 4.58 Å². The quantitative estimate of drug-likeness (QED) is 0.683. The fourth-order valence-corrected chi connectivity index (χ4v) is 2.46. The van der Waals surface area contributed by atoms with E-state index >= 15 is 0 Å². The molecule has 1 nitrogen and oxygen atoms in total. The molecule has 0 bridgehead atoms. The molecule has 0 N–H and O–H groups in total. The van der Waals surface area contributed by atoms with Crippen LogP contribution in [0.2, 0.25) is 0 Å². The van der Waals surface area contributed by atoms with Crippen molar-refractivity contribution in [3.05, 3.63) is 77.4 Å². The Morgan fingerprint density at radius 2 is 1.50 bits per heavy atom. The second-order valence-corrected chi connectivity index (χ2v) is 6.85. The predicted molar refractivity (Wildman–Crippen MR) is 97.4 cm³/mol. The maximum absolute atomic E-state index is 2.26. The molecule has 1 aliphatic carbocycles. The van der Waals surface area contributed by atoms with Crippen LogP contribution in [0.25, 0.3) is 6.08 Å². The third kappa shape index (κ3) is 4.17. The molecule has 0 radical (unpaired) electrons. The van der Waals surface area contributed by atoms with E-state index in [4.69, 9.17) is 0 Å².